The molecule has 0 spiro atoms. The molecule has 1 aromatic heterocycles. The van der Waals surface area contributed by atoms with Crippen LogP contribution in [-0.2, 0) is 16.1 Å². The van der Waals surface area contributed by atoms with Crippen LogP contribution < -0.4 is 10.2 Å². The fourth-order valence-corrected chi connectivity index (χ4v) is 1.99. The van der Waals surface area contributed by atoms with E-state index in [-0.39, 0.29) is 0 Å². The van der Waals surface area contributed by atoms with Crippen molar-refractivity contribution in [2.24, 2.45) is 0 Å². The van der Waals surface area contributed by atoms with Gasteiger partial charge in [0.1, 0.15) is 18.2 Å². The predicted octanol–water partition coefficient (Wildman–Crippen LogP) is 2.31. The molecule has 6 heteroatoms. The Morgan fingerprint density at radius 1 is 1.29 bits per heavy atom. The minimum atomic E-state index is 0.337. The van der Waals surface area contributed by atoms with Gasteiger partial charge in [0.25, 0.3) is 0 Å². The Hall–Kier alpha value is -1.40. The van der Waals surface area contributed by atoms with Gasteiger partial charge in [0.05, 0.1) is 6.61 Å². The van der Waals surface area contributed by atoms with Gasteiger partial charge in [-0.1, -0.05) is 0 Å². The minimum absolute atomic E-state index is 0.337. The summed E-state index contributed by atoms with van der Waals surface area (Å²) < 4.78 is 10.6. The molecule has 0 saturated carbocycles. The topological polar surface area (TPSA) is 59.5 Å². The number of nitrogens with one attached hydrogen (secondary N) is 1. The molecule has 21 heavy (non-hydrogen) atoms. The first kappa shape index (κ1) is 17.7. The molecule has 0 amide bonds. The number of hydrogen-bond donors (Lipinski definition) is 1. The summed E-state index contributed by atoms with van der Waals surface area (Å²) in [7, 11) is 1.71. The summed E-state index contributed by atoms with van der Waals surface area (Å²) in [6, 6.07) is 2.32. The van der Waals surface area contributed by atoms with E-state index in [0.29, 0.717) is 31.7 Å². The summed E-state index contributed by atoms with van der Waals surface area (Å²) in [5, 5.41) is 3.25. The van der Waals surface area contributed by atoms with Crippen LogP contribution in [0.25, 0.3) is 0 Å². The lowest BCUT2D eigenvalue weighted by Gasteiger charge is -2.28. The standard InChI is InChI=1S/C15H28N4O2/c1-6-16-13-10-15(18-14(17-13)11-21-7-2)19(12(3)4)8-9-20-5/h10,12H,6-9,11H2,1-5H3,(H,16,17,18). The number of methoxy groups -OCH3 is 1. The lowest BCUT2D eigenvalue weighted by molar-refractivity contribution is 0.128. The van der Waals surface area contributed by atoms with Gasteiger partial charge >= 0.3 is 0 Å². The van der Waals surface area contributed by atoms with Crippen molar-refractivity contribution in [1.29, 1.82) is 0 Å². The van der Waals surface area contributed by atoms with Crippen molar-refractivity contribution >= 4 is 11.6 Å². The van der Waals surface area contributed by atoms with Gasteiger partial charge < -0.3 is 19.7 Å². The molecule has 1 rings (SSSR count). The predicted molar refractivity (Wildman–Crippen MR) is 85.9 cm³/mol. The summed E-state index contributed by atoms with van der Waals surface area (Å²) >= 11 is 0. The number of hydrogen-bond acceptors (Lipinski definition) is 6. The van der Waals surface area contributed by atoms with E-state index in [4.69, 9.17) is 9.47 Å². The van der Waals surface area contributed by atoms with Crippen molar-refractivity contribution in [1.82, 2.24) is 9.97 Å². The Morgan fingerprint density at radius 3 is 2.62 bits per heavy atom. The number of anilines is 2. The van der Waals surface area contributed by atoms with E-state index in [1.165, 1.54) is 0 Å². The smallest absolute Gasteiger partial charge is 0.158 e. The van der Waals surface area contributed by atoms with Crippen molar-refractivity contribution in [2.45, 2.75) is 40.3 Å². The van der Waals surface area contributed by atoms with Crippen LogP contribution in [0.2, 0.25) is 0 Å². The van der Waals surface area contributed by atoms with E-state index >= 15 is 0 Å². The maximum absolute atomic E-state index is 5.43. The molecule has 120 valence electrons. The van der Waals surface area contributed by atoms with Gasteiger partial charge in [-0.05, 0) is 27.7 Å². The maximum atomic E-state index is 5.43. The molecular weight excluding hydrogens is 268 g/mol. The number of aromatic nitrogens is 2. The molecule has 0 aliphatic rings. The average molecular weight is 296 g/mol. The highest BCUT2D eigenvalue weighted by atomic mass is 16.5. The largest absolute Gasteiger partial charge is 0.383 e. The van der Waals surface area contributed by atoms with Crippen LogP contribution in [0.1, 0.15) is 33.5 Å². The Morgan fingerprint density at radius 2 is 2.05 bits per heavy atom. The SMILES string of the molecule is CCNc1cc(N(CCOC)C(C)C)nc(COCC)n1. The molecule has 0 fully saturated rings. The van der Waals surface area contributed by atoms with E-state index < -0.39 is 0 Å². The number of nitrogens with zero attached hydrogens (tertiary/aromatic N) is 3. The van der Waals surface area contributed by atoms with Crippen molar-refractivity contribution in [2.75, 3.05) is 43.6 Å². The Bertz CT molecular complexity index is 413. The summed E-state index contributed by atoms with van der Waals surface area (Å²) in [5.74, 6) is 2.44. The molecule has 0 aromatic carbocycles. The third-order valence-electron chi connectivity index (χ3n) is 3.01. The second kappa shape index (κ2) is 9.52. The van der Waals surface area contributed by atoms with Gasteiger partial charge in [-0.25, -0.2) is 9.97 Å². The molecule has 1 N–H and O–H groups in total. The van der Waals surface area contributed by atoms with E-state index in [1.54, 1.807) is 7.11 Å². The zero-order valence-corrected chi connectivity index (χ0v) is 13.8. The normalized spacial score (nSPS) is 11.0. The first-order valence-electron chi connectivity index (χ1n) is 7.57. The zero-order valence-electron chi connectivity index (χ0n) is 13.8. The average Bonchev–Trinajstić information content (AvgIpc) is 2.45. The lowest BCUT2D eigenvalue weighted by atomic mass is 10.3. The fraction of sp³-hybridized carbons (Fsp3) is 0.733. The van der Waals surface area contributed by atoms with E-state index in [2.05, 4.69) is 41.0 Å². The quantitative estimate of drug-likeness (QED) is 0.715. The molecule has 0 saturated heterocycles. The zero-order chi connectivity index (χ0) is 15.7. The van der Waals surface area contributed by atoms with Crippen LogP contribution in [0.15, 0.2) is 6.07 Å². The van der Waals surface area contributed by atoms with Crippen LogP contribution >= 0.6 is 0 Å². The van der Waals surface area contributed by atoms with E-state index in [0.717, 1.165) is 24.7 Å². The molecule has 1 aromatic rings. The molecule has 0 radical (unpaired) electrons. The highest BCUT2D eigenvalue weighted by Crippen LogP contribution is 2.18. The summed E-state index contributed by atoms with van der Waals surface area (Å²) in [6.07, 6.45) is 0. The highest BCUT2D eigenvalue weighted by molar-refractivity contribution is 5.50. The lowest BCUT2D eigenvalue weighted by Crippen LogP contribution is -2.34. The monoisotopic (exact) mass is 296 g/mol. The van der Waals surface area contributed by atoms with E-state index in [1.807, 2.05) is 13.0 Å². The van der Waals surface area contributed by atoms with Gasteiger partial charge in [0, 0.05) is 38.9 Å². The van der Waals surface area contributed by atoms with Crippen molar-refractivity contribution in [3.05, 3.63) is 11.9 Å². The Balaban J connectivity index is 3.02. The van der Waals surface area contributed by atoms with Crippen LogP contribution in [0.4, 0.5) is 11.6 Å². The van der Waals surface area contributed by atoms with Gasteiger partial charge in [-0.3, -0.25) is 0 Å². The maximum Gasteiger partial charge on any atom is 0.158 e. The first-order chi connectivity index (χ1) is 10.1. The molecule has 0 unspecified atom stereocenters. The third-order valence-corrected chi connectivity index (χ3v) is 3.01. The van der Waals surface area contributed by atoms with Gasteiger partial charge in [0.2, 0.25) is 0 Å². The summed E-state index contributed by atoms with van der Waals surface area (Å²) in [5.41, 5.74) is 0. The molecule has 0 aliphatic carbocycles. The van der Waals surface area contributed by atoms with Crippen molar-refractivity contribution < 1.29 is 9.47 Å². The van der Waals surface area contributed by atoms with E-state index in [9.17, 15) is 0 Å². The number of ether oxygens (including phenoxy) is 2. The van der Waals surface area contributed by atoms with Gasteiger partial charge in [-0.2, -0.15) is 0 Å². The molecule has 6 nitrogen and oxygen atoms in total. The minimum Gasteiger partial charge on any atom is -0.383 e. The van der Waals surface area contributed by atoms with Crippen molar-refractivity contribution in [3.63, 3.8) is 0 Å². The van der Waals surface area contributed by atoms with Gasteiger partial charge in [0.15, 0.2) is 5.82 Å². The second-order valence-corrected chi connectivity index (χ2v) is 4.98. The summed E-state index contributed by atoms with van der Waals surface area (Å²) in [4.78, 5) is 11.3. The molecule has 0 atom stereocenters. The first-order valence-corrected chi connectivity index (χ1v) is 7.57. The highest BCUT2D eigenvalue weighted by Gasteiger charge is 2.14. The summed E-state index contributed by atoms with van der Waals surface area (Å²) in [6.45, 7) is 11.7. The van der Waals surface area contributed by atoms with Crippen molar-refractivity contribution in [3.8, 4) is 0 Å². The number of rotatable bonds is 10. The van der Waals surface area contributed by atoms with Crippen LogP contribution in [0, 0.1) is 0 Å². The van der Waals surface area contributed by atoms with Crippen LogP contribution in [-0.4, -0.2) is 49.4 Å². The molecule has 1 heterocycles. The Kier molecular flexibility index (Phi) is 8.00. The molecule has 0 aliphatic heterocycles. The molecule has 0 bridgehead atoms. The fourth-order valence-electron chi connectivity index (χ4n) is 1.99. The van der Waals surface area contributed by atoms with Crippen LogP contribution in [0.3, 0.4) is 0 Å². The Labute approximate surface area is 127 Å². The second-order valence-electron chi connectivity index (χ2n) is 4.98. The third kappa shape index (κ3) is 5.85. The van der Waals surface area contributed by atoms with Crippen LogP contribution in [0.5, 0.6) is 0 Å². The van der Waals surface area contributed by atoms with Gasteiger partial charge in [-0.15, -0.1) is 0 Å². The molecular formula is C15H28N4O2.